The Balaban J connectivity index is 1.94. The SMILES string of the molecule is CCCCCCCCCCCCCCCCCC(=O)N[C@H](CSC[C@@H](COC(=O)CCCCCCCCCCCCCCCCC)OC(=O)CCCCCCCCCCCCCCCCC)C(=O)Nc1cn([C@H]2OC(CO)[C@@H](O)[C@H]2O)nn1. The third-order valence-electron chi connectivity index (χ3n) is 16.5. The van der Waals surface area contributed by atoms with E-state index in [9.17, 15) is 34.5 Å². The van der Waals surface area contributed by atoms with Crippen molar-refractivity contribution in [2.75, 3.05) is 30.0 Å². The molecule has 484 valence electrons. The van der Waals surface area contributed by atoms with E-state index < -0.39 is 49.2 Å². The van der Waals surface area contributed by atoms with Gasteiger partial charge in [-0.05, 0) is 19.3 Å². The monoisotopic (exact) mass is 1190 g/mol. The van der Waals surface area contributed by atoms with E-state index >= 15 is 0 Å². The van der Waals surface area contributed by atoms with Crippen LogP contribution in [-0.4, -0.2) is 109 Å². The van der Waals surface area contributed by atoms with Gasteiger partial charge in [0.2, 0.25) is 11.8 Å². The fourth-order valence-electron chi connectivity index (χ4n) is 11.1. The number of amides is 2. The lowest BCUT2D eigenvalue weighted by molar-refractivity contribution is -0.157. The predicted molar refractivity (Wildman–Crippen MR) is 340 cm³/mol. The van der Waals surface area contributed by atoms with Crippen LogP contribution < -0.4 is 10.6 Å². The number of esters is 2. The average Bonchev–Trinajstić information content (AvgIpc) is 4.19. The average molecular weight is 1190 g/mol. The van der Waals surface area contributed by atoms with E-state index in [0.29, 0.717) is 12.8 Å². The second-order valence-corrected chi connectivity index (χ2v) is 25.4. The van der Waals surface area contributed by atoms with E-state index in [-0.39, 0.29) is 54.6 Å². The van der Waals surface area contributed by atoms with Gasteiger partial charge in [0.25, 0.3) is 0 Å². The molecule has 1 aromatic rings. The fourth-order valence-corrected chi connectivity index (χ4v) is 12.1. The summed E-state index contributed by atoms with van der Waals surface area (Å²) in [7, 11) is 0. The van der Waals surface area contributed by atoms with Crippen molar-refractivity contribution in [1.29, 1.82) is 0 Å². The van der Waals surface area contributed by atoms with E-state index in [4.69, 9.17) is 14.2 Å². The first-order valence-corrected chi connectivity index (χ1v) is 35.9. The summed E-state index contributed by atoms with van der Waals surface area (Å²) >= 11 is 1.32. The van der Waals surface area contributed by atoms with Crippen LogP contribution in [0.4, 0.5) is 5.82 Å². The fraction of sp³-hybridized carbons (Fsp3) is 0.910. The molecule has 2 heterocycles. The topological polar surface area (TPSA) is 211 Å². The number of anilines is 1. The molecule has 5 N–H and O–H groups in total. The molecule has 1 aliphatic rings. The first-order chi connectivity index (χ1) is 40.6. The molecule has 6 atom stereocenters. The first-order valence-electron chi connectivity index (χ1n) is 34.7. The van der Waals surface area contributed by atoms with Crippen molar-refractivity contribution in [3.05, 3.63) is 6.20 Å². The van der Waals surface area contributed by atoms with E-state index in [0.717, 1.165) is 68.9 Å². The molecule has 1 aromatic heterocycles. The highest BCUT2D eigenvalue weighted by atomic mass is 32.2. The minimum atomic E-state index is -1.39. The normalized spacial score (nSPS) is 16.7. The highest BCUT2D eigenvalue weighted by Crippen LogP contribution is 2.29. The van der Waals surface area contributed by atoms with Gasteiger partial charge < -0.3 is 40.2 Å². The zero-order chi connectivity index (χ0) is 60.1. The molecule has 2 amide bonds. The van der Waals surface area contributed by atoms with Crippen LogP contribution in [-0.2, 0) is 33.4 Å². The Hall–Kier alpha value is -2.79. The lowest BCUT2D eigenvalue weighted by Crippen LogP contribution is -2.45. The van der Waals surface area contributed by atoms with Crippen LogP contribution >= 0.6 is 11.8 Å². The zero-order valence-corrected chi connectivity index (χ0v) is 54.1. The largest absolute Gasteiger partial charge is 0.462 e. The molecule has 15 nitrogen and oxygen atoms in total. The molecule has 0 spiro atoms. The van der Waals surface area contributed by atoms with Gasteiger partial charge in [0.15, 0.2) is 12.0 Å². The van der Waals surface area contributed by atoms with E-state index in [2.05, 4.69) is 41.7 Å². The minimum absolute atomic E-state index is 0.0333. The second-order valence-electron chi connectivity index (χ2n) is 24.4. The molecule has 0 saturated carbocycles. The Bertz CT molecular complexity index is 1690. The lowest BCUT2D eigenvalue weighted by atomic mass is 10.0. The Morgan fingerprint density at radius 2 is 0.904 bits per heavy atom. The maximum absolute atomic E-state index is 14.0. The summed E-state index contributed by atoms with van der Waals surface area (Å²) in [5, 5.41) is 44.1. The first kappa shape index (κ1) is 76.3. The van der Waals surface area contributed by atoms with Crippen LogP contribution in [0.25, 0.3) is 0 Å². The third-order valence-corrected chi connectivity index (χ3v) is 17.7. The van der Waals surface area contributed by atoms with Crippen molar-refractivity contribution in [1.82, 2.24) is 20.3 Å². The van der Waals surface area contributed by atoms with Gasteiger partial charge in [-0.15, -0.1) is 5.10 Å². The van der Waals surface area contributed by atoms with Crippen molar-refractivity contribution >= 4 is 41.3 Å². The molecule has 83 heavy (non-hydrogen) atoms. The van der Waals surface area contributed by atoms with Crippen molar-refractivity contribution in [2.24, 2.45) is 0 Å². The summed E-state index contributed by atoms with van der Waals surface area (Å²) in [5.41, 5.74) is 0. The number of hydrogen-bond acceptors (Lipinski definition) is 13. The van der Waals surface area contributed by atoms with Crippen LogP contribution in [0.5, 0.6) is 0 Å². The third kappa shape index (κ3) is 41.9. The molecule has 0 bridgehead atoms. The van der Waals surface area contributed by atoms with Crippen molar-refractivity contribution in [2.45, 2.75) is 366 Å². The number of aliphatic hydroxyl groups excluding tert-OH is 3. The summed E-state index contributed by atoms with van der Waals surface area (Å²) in [4.78, 5) is 53.7. The number of rotatable bonds is 60. The van der Waals surface area contributed by atoms with Gasteiger partial charge in [0, 0.05) is 30.8 Å². The van der Waals surface area contributed by atoms with Gasteiger partial charge in [-0.1, -0.05) is 296 Å². The number of carbonyl (C=O) groups is 4. The summed E-state index contributed by atoms with van der Waals surface area (Å²) in [6, 6.07) is -1.01. The van der Waals surface area contributed by atoms with Crippen LogP contribution in [0.1, 0.15) is 335 Å². The second kappa shape index (κ2) is 54.6. The number of nitrogens with one attached hydrogen (secondary N) is 2. The van der Waals surface area contributed by atoms with Gasteiger partial charge >= 0.3 is 11.9 Å². The number of aliphatic hydroxyl groups is 3. The summed E-state index contributed by atoms with van der Waals surface area (Å²) < 4.78 is 18.5. The molecule has 0 radical (unpaired) electrons. The van der Waals surface area contributed by atoms with Gasteiger partial charge in [-0.2, -0.15) is 11.8 Å². The van der Waals surface area contributed by atoms with Gasteiger partial charge in [0.1, 0.15) is 37.1 Å². The van der Waals surface area contributed by atoms with Gasteiger partial charge in [0.05, 0.1) is 12.8 Å². The maximum Gasteiger partial charge on any atom is 0.306 e. The van der Waals surface area contributed by atoms with Gasteiger partial charge in [-0.25, -0.2) is 4.68 Å². The van der Waals surface area contributed by atoms with Crippen LogP contribution in [0, 0.1) is 0 Å². The number of hydrogen-bond donors (Lipinski definition) is 5. The van der Waals surface area contributed by atoms with E-state index in [1.54, 1.807) is 0 Å². The van der Waals surface area contributed by atoms with Crippen LogP contribution in [0.3, 0.4) is 0 Å². The summed E-state index contributed by atoms with van der Waals surface area (Å²) in [6.45, 7) is 6.18. The molecule has 1 fully saturated rings. The Kier molecular flexibility index (Phi) is 50.2. The van der Waals surface area contributed by atoms with Crippen molar-refractivity contribution < 1.29 is 48.7 Å². The Labute approximate surface area is 510 Å². The molecular formula is C67H125N5O10S. The number of carbonyl (C=O) groups excluding carboxylic acids is 4. The van der Waals surface area contributed by atoms with Gasteiger partial charge in [-0.3, -0.25) is 19.2 Å². The summed E-state index contributed by atoms with van der Waals surface area (Å²) in [5.74, 6) is -1.07. The molecule has 2 rings (SSSR count). The Morgan fingerprint density at radius 3 is 1.29 bits per heavy atom. The zero-order valence-electron chi connectivity index (χ0n) is 53.3. The van der Waals surface area contributed by atoms with Crippen LogP contribution in [0.15, 0.2) is 6.20 Å². The van der Waals surface area contributed by atoms with E-state index in [1.165, 1.54) is 236 Å². The smallest absolute Gasteiger partial charge is 0.306 e. The molecular weight excluding hydrogens is 1070 g/mol. The lowest BCUT2D eigenvalue weighted by Gasteiger charge is -2.21. The number of thioether (sulfide) groups is 1. The number of aromatic nitrogens is 3. The van der Waals surface area contributed by atoms with Crippen molar-refractivity contribution in [3.8, 4) is 0 Å². The molecule has 0 aliphatic carbocycles. The number of nitrogens with zero attached hydrogens (tertiary/aromatic N) is 3. The quantitative estimate of drug-likeness (QED) is 0.0304. The summed E-state index contributed by atoms with van der Waals surface area (Å²) in [6.07, 6.45) is 51.9. The highest BCUT2D eigenvalue weighted by molar-refractivity contribution is 7.99. The molecule has 16 heteroatoms. The maximum atomic E-state index is 14.0. The molecule has 1 unspecified atom stereocenters. The molecule has 0 aromatic carbocycles. The Morgan fingerprint density at radius 1 is 0.530 bits per heavy atom. The number of ether oxygens (including phenoxy) is 3. The minimum Gasteiger partial charge on any atom is -0.462 e. The van der Waals surface area contributed by atoms with Crippen LogP contribution in [0.2, 0.25) is 0 Å². The van der Waals surface area contributed by atoms with E-state index in [1.807, 2.05) is 0 Å². The van der Waals surface area contributed by atoms with Crippen molar-refractivity contribution in [3.63, 3.8) is 0 Å². The molecule has 1 saturated heterocycles. The number of unbranched alkanes of at least 4 members (excludes halogenated alkanes) is 42. The molecule has 1 aliphatic heterocycles. The predicted octanol–water partition coefficient (Wildman–Crippen LogP) is 16.3. The highest BCUT2D eigenvalue weighted by Gasteiger charge is 2.44. The standard InChI is InChI=1S/C67H125N5O10S/c1-4-7-10-13-16-19-22-25-28-31-34-37-40-43-46-49-61(74)68-58(66(79)69-60-52-72(71-70-60)67-65(78)64(77)59(53-73)82-67)56-83-55-57(81-63(76)51-48-45-42-39-36-33-30-27-24-21-18-15-12-9-6-3)54-80-62(75)50-47-44-41-38-35-32-29-26-23-20-17-14-11-8-5-2/h52,57-59,64-65,67,73,77-78H,4-51,53-56H2,1-3H3,(H,68,74)(H,69,79)/t57-,58-,59?,64-,65-,67+/m1/s1.